The topological polar surface area (TPSA) is 37.3 Å². The lowest BCUT2D eigenvalue weighted by Gasteiger charge is -2.27. The number of carboxylic acids is 1. The minimum atomic E-state index is -0.756. The first-order chi connectivity index (χ1) is 6.46. The molecule has 0 aliphatic heterocycles. The van der Waals surface area contributed by atoms with Gasteiger partial charge < -0.3 is 5.11 Å². The van der Waals surface area contributed by atoms with Crippen molar-refractivity contribution in [2.45, 2.75) is 26.7 Å². The maximum Gasteiger partial charge on any atom is 0.309 e. The van der Waals surface area contributed by atoms with Gasteiger partial charge in [0.2, 0.25) is 0 Å². The van der Waals surface area contributed by atoms with E-state index in [1.54, 1.807) is 13.8 Å². The number of benzene rings is 1. The summed E-state index contributed by atoms with van der Waals surface area (Å²) in [6.45, 7) is 5.46. The van der Waals surface area contributed by atoms with E-state index in [0.29, 0.717) is 0 Å². The van der Waals surface area contributed by atoms with Crippen LogP contribution in [0.1, 0.15) is 32.3 Å². The van der Waals surface area contributed by atoms with Crippen molar-refractivity contribution in [3.05, 3.63) is 35.9 Å². The molecule has 1 N–H and O–H groups in total. The molecule has 0 aromatic heterocycles. The quantitative estimate of drug-likeness (QED) is 0.799. The third-order valence-electron chi connectivity index (χ3n) is 2.93. The number of hydrogen-bond acceptors (Lipinski definition) is 1. The first-order valence-electron chi connectivity index (χ1n) is 4.74. The van der Waals surface area contributed by atoms with E-state index in [-0.39, 0.29) is 5.92 Å². The van der Waals surface area contributed by atoms with Gasteiger partial charge in [0.1, 0.15) is 0 Å². The Morgan fingerprint density at radius 2 is 1.79 bits per heavy atom. The van der Waals surface area contributed by atoms with Gasteiger partial charge in [-0.2, -0.15) is 0 Å². The third-order valence-corrected chi connectivity index (χ3v) is 2.93. The molecule has 1 rings (SSSR count). The molecule has 2 heteroatoms. The van der Waals surface area contributed by atoms with Crippen molar-refractivity contribution in [2.75, 3.05) is 0 Å². The highest BCUT2D eigenvalue weighted by Crippen LogP contribution is 2.34. The average Bonchev–Trinajstić information content (AvgIpc) is 2.17. The summed E-state index contributed by atoms with van der Waals surface area (Å²) in [5.41, 5.74) is 0.348. The molecule has 14 heavy (non-hydrogen) atoms. The van der Waals surface area contributed by atoms with Crippen molar-refractivity contribution in [3.8, 4) is 0 Å². The van der Waals surface area contributed by atoms with Crippen molar-refractivity contribution in [1.82, 2.24) is 0 Å². The second-order valence-corrected chi connectivity index (χ2v) is 4.16. The molecule has 2 nitrogen and oxygen atoms in total. The lowest BCUT2D eigenvalue weighted by Crippen LogP contribution is -2.29. The Morgan fingerprint density at radius 3 is 2.21 bits per heavy atom. The standard InChI is InChI=1S/C12H16O2/c1-9(12(2,3)11(13)14)10-7-5-4-6-8-10/h4-9H,1-3H3,(H,13,14)/t9-/m1/s1. The van der Waals surface area contributed by atoms with Crippen LogP contribution in [0.25, 0.3) is 0 Å². The van der Waals surface area contributed by atoms with Gasteiger partial charge in [0, 0.05) is 0 Å². The van der Waals surface area contributed by atoms with Crippen LogP contribution in [0, 0.1) is 5.41 Å². The Labute approximate surface area is 84.6 Å². The molecule has 0 aliphatic carbocycles. The Hall–Kier alpha value is -1.31. The molecule has 76 valence electrons. The predicted molar refractivity (Wildman–Crippen MR) is 56.3 cm³/mol. The van der Waals surface area contributed by atoms with E-state index in [4.69, 9.17) is 5.11 Å². The normalized spacial score (nSPS) is 13.6. The summed E-state index contributed by atoms with van der Waals surface area (Å²) in [4.78, 5) is 11.0. The number of carboxylic acid groups (broad SMARTS) is 1. The van der Waals surface area contributed by atoms with Crippen LogP contribution in [0.4, 0.5) is 0 Å². The minimum absolute atomic E-state index is 0.0150. The summed E-state index contributed by atoms with van der Waals surface area (Å²) in [5.74, 6) is -0.741. The summed E-state index contributed by atoms with van der Waals surface area (Å²) in [6, 6.07) is 9.74. The van der Waals surface area contributed by atoms with E-state index in [0.717, 1.165) is 5.56 Å². The van der Waals surface area contributed by atoms with Crippen LogP contribution < -0.4 is 0 Å². The van der Waals surface area contributed by atoms with Crippen molar-refractivity contribution < 1.29 is 9.90 Å². The van der Waals surface area contributed by atoms with Crippen LogP contribution in [0.3, 0.4) is 0 Å². The van der Waals surface area contributed by atoms with Crippen molar-refractivity contribution in [3.63, 3.8) is 0 Å². The second-order valence-electron chi connectivity index (χ2n) is 4.16. The highest BCUT2D eigenvalue weighted by molar-refractivity contribution is 5.75. The number of rotatable bonds is 3. The van der Waals surface area contributed by atoms with E-state index in [1.165, 1.54) is 0 Å². The summed E-state index contributed by atoms with van der Waals surface area (Å²) >= 11 is 0. The molecule has 0 amide bonds. The monoisotopic (exact) mass is 192 g/mol. The molecule has 0 saturated carbocycles. The van der Waals surface area contributed by atoms with Gasteiger partial charge in [0.15, 0.2) is 0 Å². The third kappa shape index (κ3) is 1.95. The zero-order chi connectivity index (χ0) is 10.8. The molecule has 0 fully saturated rings. The van der Waals surface area contributed by atoms with Gasteiger partial charge in [0.05, 0.1) is 5.41 Å². The van der Waals surface area contributed by atoms with Crippen LogP contribution in [-0.2, 0) is 4.79 Å². The maximum atomic E-state index is 11.0. The van der Waals surface area contributed by atoms with Gasteiger partial charge in [-0.05, 0) is 25.3 Å². The lowest BCUT2D eigenvalue weighted by atomic mass is 9.76. The molecule has 0 aliphatic rings. The maximum absolute atomic E-state index is 11.0. The highest BCUT2D eigenvalue weighted by Gasteiger charge is 2.34. The summed E-state index contributed by atoms with van der Waals surface area (Å²) in [7, 11) is 0. The molecular formula is C12H16O2. The zero-order valence-corrected chi connectivity index (χ0v) is 8.82. The molecule has 1 aromatic rings. The summed E-state index contributed by atoms with van der Waals surface area (Å²) in [6.07, 6.45) is 0. The highest BCUT2D eigenvalue weighted by atomic mass is 16.4. The fourth-order valence-corrected chi connectivity index (χ4v) is 1.34. The first-order valence-corrected chi connectivity index (χ1v) is 4.74. The van der Waals surface area contributed by atoms with E-state index in [1.807, 2.05) is 37.3 Å². The van der Waals surface area contributed by atoms with Crippen LogP contribution in [-0.4, -0.2) is 11.1 Å². The van der Waals surface area contributed by atoms with Crippen molar-refractivity contribution >= 4 is 5.97 Å². The van der Waals surface area contributed by atoms with E-state index in [9.17, 15) is 4.79 Å². The zero-order valence-electron chi connectivity index (χ0n) is 8.82. The van der Waals surface area contributed by atoms with Crippen molar-refractivity contribution in [1.29, 1.82) is 0 Å². The Morgan fingerprint density at radius 1 is 1.29 bits per heavy atom. The number of carbonyl (C=O) groups is 1. The predicted octanol–water partition coefficient (Wildman–Crippen LogP) is 2.90. The van der Waals surface area contributed by atoms with Gasteiger partial charge >= 0.3 is 5.97 Å². The van der Waals surface area contributed by atoms with Gasteiger partial charge in [-0.25, -0.2) is 0 Å². The smallest absolute Gasteiger partial charge is 0.309 e. The molecule has 0 unspecified atom stereocenters. The van der Waals surface area contributed by atoms with Gasteiger partial charge in [-0.15, -0.1) is 0 Å². The molecule has 0 spiro atoms. The van der Waals surface area contributed by atoms with Crippen LogP contribution in [0.2, 0.25) is 0 Å². The Kier molecular flexibility index (Phi) is 2.94. The second kappa shape index (κ2) is 3.82. The van der Waals surface area contributed by atoms with Gasteiger partial charge in [-0.1, -0.05) is 37.3 Å². The van der Waals surface area contributed by atoms with Gasteiger partial charge in [-0.3, -0.25) is 4.79 Å². The van der Waals surface area contributed by atoms with E-state index < -0.39 is 11.4 Å². The molecule has 1 aromatic carbocycles. The Bertz CT molecular complexity index is 314. The largest absolute Gasteiger partial charge is 0.481 e. The van der Waals surface area contributed by atoms with Crippen LogP contribution in [0.5, 0.6) is 0 Å². The van der Waals surface area contributed by atoms with Crippen molar-refractivity contribution in [2.24, 2.45) is 5.41 Å². The molecule has 1 atom stereocenters. The summed E-state index contributed by atoms with van der Waals surface area (Å²) in [5, 5.41) is 9.07. The molecule has 0 bridgehead atoms. The molecule has 0 radical (unpaired) electrons. The number of hydrogen-bond donors (Lipinski definition) is 1. The molecular weight excluding hydrogens is 176 g/mol. The van der Waals surface area contributed by atoms with Crippen LogP contribution >= 0.6 is 0 Å². The van der Waals surface area contributed by atoms with Crippen LogP contribution in [0.15, 0.2) is 30.3 Å². The lowest BCUT2D eigenvalue weighted by molar-refractivity contribution is -0.148. The van der Waals surface area contributed by atoms with Gasteiger partial charge in [0.25, 0.3) is 0 Å². The first kappa shape index (κ1) is 10.8. The SMILES string of the molecule is C[C@H](c1ccccc1)C(C)(C)C(=O)O. The summed E-state index contributed by atoms with van der Waals surface area (Å²) < 4.78 is 0. The number of aliphatic carboxylic acids is 1. The molecule has 0 saturated heterocycles. The van der Waals surface area contributed by atoms with E-state index in [2.05, 4.69) is 0 Å². The fourth-order valence-electron chi connectivity index (χ4n) is 1.34. The molecule has 0 heterocycles. The fraction of sp³-hybridized carbons (Fsp3) is 0.417. The average molecular weight is 192 g/mol. The van der Waals surface area contributed by atoms with E-state index >= 15 is 0 Å². The minimum Gasteiger partial charge on any atom is -0.481 e. The Balaban J connectivity index is 2.96.